The first-order valence-electron chi connectivity index (χ1n) is 10.5. The van der Waals surface area contributed by atoms with Crippen LogP contribution in [0.4, 0.5) is 10.6 Å². The van der Waals surface area contributed by atoms with Crippen LogP contribution < -0.4 is 5.32 Å². The molecule has 2 aliphatic rings. The number of anilines is 1. The first kappa shape index (κ1) is 19.7. The summed E-state index contributed by atoms with van der Waals surface area (Å²) in [5, 5.41) is 3.96. The zero-order chi connectivity index (χ0) is 20.8. The topological polar surface area (TPSA) is 76.5 Å². The van der Waals surface area contributed by atoms with Crippen LogP contribution in [0.5, 0.6) is 0 Å². The number of aromatic nitrogens is 2. The van der Waals surface area contributed by atoms with E-state index in [4.69, 9.17) is 4.74 Å². The molecule has 3 heterocycles. The molecule has 1 saturated heterocycles. The number of hydrogen-bond donors (Lipinski definition) is 1. The van der Waals surface area contributed by atoms with Crippen molar-refractivity contribution in [2.45, 2.75) is 58.6 Å². The minimum absolute atomic E-state index is 0.0529. The molecular formula is C22H30N4O3. The van der Waals surface area contributed by atoms with Gasteiger partial charge in [-0.05, 0) is 52.0 Å². The molecular weight excluding hydrogens is 368 g/mol. The van der Waals surface area contributed by atoms with E-state index in [1.807, 2.05) is 32.9 Å². The molecule has 2 atom stereocenters. The molecule has 2 fully saturated rings. The predicted octanol–water partition coefficient (Wildman–Crippen LogP) is 4.20. The van der Waals surface area contributed by atoms with Gasteiger partial charge < -0.3 is 19.5 Å². The number of amides is 2. The number of pyridine rings is 1. The van der Waals surface area contributed by atoms with Gasteiger partial charge >= 0.3 is 6.09 Å². The number of fused-ring (bicyclic) bond motifs is 1. The second kappa shape index (κ2) is 7.35. The second-order valence-corrected chi connectivity index (χ2v) is 9.37. The predicted molar refractivity (Wildman–Crippen MR) is 112 cm³/mol. The smallest absolute Gasteiger partial charge is 0.410 e. The molecule has 0 radical (unpaired) electrons. The second-order valence-electron chi connectivity index (χ2n) is 9.37. The molecule has 2 aromatic rings. The molecule has 2 unspecified atom stereocenters. The van der Waals surface area contributed by atoms with E-state index < -0.39 is 5.60 Å². The highest BCUT2D eigenvalue weighted by atomic mass is 16.6. The molecule has 7 heteroatoms. The van der Waals surface area contributed by atoms with Crippen LogP contribution in [0.3, 0.4) is 0 Å². The van der Waals surface area contributed by atoms with E-state index in [9.17, 15) is 9.59 Å². The molecule has 7 nitrogen and oxygen atoms in total. The van der Waals surface area contributed by atoms with Gasteiger partial charge in [-0.15, -0.1) is 0 Å². The minimum atomic E-state index is -0.504. The summed E-state index contributed by atoms with van der Waals surface area (Å²) < 4.78 is 7.79. The number of rotatable bonds is 3. The average Bonchev–Trinajstić information content (AvgIpc) is 3.41. The standard InChI is InChI=1S/C22H30N4O3/c1-14-7-9-25(21(28)29-22(2,3)4)13-18(14)26-10-8-16-12-23-19(11-17(16)26)24-20(27)15-5-6-15/h8,10-12,14-15,18H,5-7,9,13H2,1-4H3,(H,23,24,27). The molecule has 0 aromatic carbocycles. The van der Waals surface area contributed by atoms with Crippen molar-refractivity contribution in [1.29, 1.82) is 0 Å². The number of nitrogens with one attached hydrogen (secondary N) is 1. The molecule has 2 amide bonds. The minimum Gasteiger partial charge on any atom is -0.444 e. The summed E-state index contributed by atoms with van der Waals surface area (Å²) in [4.78, 5) is 30.9. The number of carbonyl (C=O) groups excluding carboxylic acids is 2. The lowest BCUT2D eigenvalue weighted by atomic mass is 9.93. The van der Waals surface area contributed by atoms with Gasteiger partial charge in [-0.1, -0.05) is 6.92 Å². The van der Waals surface area contributed by atoms with Gasteiger partial charge in [0.15, 0.2) is 0 Å². The van der Waals surface area contributed by atoms with Gasteiger partial charge in [0.2, 0.25) is 5.91 Å². The maximum atomic E-state index is 12.6. The van der Waals surface area contributed by atoms with Gasteiger partial charge in [0.25, 0.3) is 0 Å². The largest absolute Gasteiger partial charge is 0.444 e. The Labute approximate surface area is 171 Å². The number of hydrogen-bond acceptors (Lipinski definition) is 4. The van der Waals surface area contributed by atoms with E-state index in [0.29, 0.717) is 24.8 Å². The molecule has 0 spiro atoms. The van der Waals surface area contributed by atoms with Crippen molar-refractivity contribution in [2.24, 2.45) is 11.8 Å². The van der Waals surface area contributed by atoms with E-state index in [-0.39, 0.29) is 24.0 Å². The molecule has 0 bridgehead atoms. The fraction of sp³-hybridized carbons (Fsp3) is 0.591. The van der Waals surface area contributed by atoms with Crippen molar-refractivity contribution in [2.75, 3.05) is 18.4 Å². The molecule has 1 aliphatic heterocycles. The highest BCUT2D eigenvalue weighted by Gasteiger charge is 2.33. The van der Waals surface area contributed by atoms with Crippen molar-refractivity contribution in [1.82, 2.24) is 14.5 Å². The van der Waals surface area contributed by atoms with E-state index >= 15 is 0 Å². The van der Waals surface area contributed by atoms with Crippen molar-refractivity contribution < 1.29 is 14.3 Å². The van der Waals surface area contributed by atoms with E-state index in [2.05, 4.69) is 28.0 Å². The Bertz CT molecular complexity index is 926. The zero-order valence-electron chi connectivity index (χ0n) is 17.6. The number of likely N-dealkylation sites (tertiary alicyclic amines) is 1. The summed E-state index contributed by atoms with van der Waals surface area (Å²) >= 11 is 0. The Morgan fingerprint density at radius 3 is 2.69 bits per heavy atom. The van der Waals surface area contributed by atoms with Crippen LogP contribution in [0, 0.1) is 11.8 Å². The number of ether oxygens (including phenoxy) is 1. The fourth-order valence-electron chi connectivity index (χ4n) is 3.88. The van der Waals surface area contributed by atoms with Gasteiger partial charge in [0, 0.05) is 42.9 Å². The van der Waals surface area contributed by atoms with Gasteiger partial charge in [0.05, 0.1) is 11.6 Å². The number of nitrogens with zero attached hydrogens (tertiary/aromatic N) is 3. The molecule has 4 rings (SSSR count). The normalized spacial score (nSPS) is 22.6. The Kier molecular flexibility index (Phi) is 5.00. The lowest BCUT2D eigenvalue weighted by Crippen LogP contribution is -2.45. The van der Waals surface area contributed by atoms with Gasteiger partial charge in [-0.25, -0.2) is 9.78 Å². The molecule has 29 heavy (non-hydrogen) atoms. The van der Waals surface area contributed by atoms with Crippen LogP contribution in [0.1, 0.15) is 53.0 Å². The van der Waals surface area contributed by atoms with Crippen molar-refractivity contribution >= 4 is 28.7 Å². The van der Waals surface area contributed by atoms with Crippen LogP contribution in [-0.4, -0.2) is 45.1 Å². The van der Waals surface area contributed by atoms with Crippen LogP contribution in [0.15, 0.2) is 24.5 Å². The SMILES string of the molecule is CC1CCN(C(=O)OC(C)(C)C)CC1n1ccc2cnc(NC(=O)C3CC3)cc21. The van der Waals surface area contributed by atoms with Crippen molar-refractivity contribution in [3.63, 3.8) is 0 Å². The quantitative estimate of drug-likeness (QED) is 0.841. The summed E-state index contributed by atoms with van der Waals surface area (Å²) in [5.41, 5.74) is 0.518. The lowest BCUT2D eigenvalue weighted by molar-refractivity contribution is -0.117. The number of piperidine rings is 1. The first-order valence-corrected chi connectivity index (χ1v) is 10.5. The maximum Gasteiger partial charge on any atom is 0.410 e. The van der Waals surface area contributed by atoms with Crippen LogP contribution >= 0.6 is 0 Å². The highest BCUT2D eigenvalue weighted by molar-refractivity contribution is 5.94. The van der Waals surface area contributed by atoms with Gasteiger partial charge in [-0.2, -0.15) is 0 Å². The molecule has 1 N–H and O–H groups in total. The molecule has 2 aromatic heterocycles. The summed E-state index contributed by atoms with van der Waals surface area (Å²) in [7, 11) is 0. The Morgan fingerprint density at radius 2 is 2.00 bits per heavy atom. The van der Waals surface area contributed by atoms with Crippen LogP contribution in [-0.2, 0) is 9.53 Å². The van der Waals surface area contributed by atoms with Crippen molar-refractivity contribution in [3.8, 4) is 0 Å². The first-order chi connectivity index (χ1) is 13.7. The van der Waals surface area contributed by atoms with E-state index in [1.54, 1.807) is 11.1 Å². The monoisotopic (exact) mass is 398 g/mol. The Balaban J connectivity index is 1.56. The molecule has 156 valence electrons. The van der Waals surface area contributed by atoms with Gasteiger partial charge in [-0.3, -0.25) is 4.79 Å². The van der Waals surface area contributed by atoms with E-state index in [0.717, 1.165) is 30.2 Å². The Hall–Kier alpha value is -2.57. The van der Waals surface area contributed by atoms with E-state index in [1.165, 1.54) is 0 Å². The summed E-state index contributed by atoms with van der Waals surface area (Å²) in [6.45, 7) is 9.19. The molecule has 1 saturated carbocycles. The summed E-state index contributed by atoms with van der Waals surface area (Å²) in [6, 6.07) is 4.12. The third kappa shape index (κ3) is 4.38. The zero-order valence-corrected chi connectivity index (χ0v) is 17.6. The van der Waals surface area contributed by atoms with Crippen molar-refractivity contribution in [3.05, 3.63) is 24.5 Å². The maximum absolute atomic E-state index is 12.6. The summed E-state index contributed by atoms with van der Waals surface area (Å²) in [6.07, 6.45) is 6.44. The fourth-order valence-corrected chi connectivity index (χ4v) is 3.88. The lowest BCUT2D eigenvalue weighted by Gasteiger charge is -2.38. The van der Waals surface area contributed by atoms with Crippen LogP contribution in [0.2, 0.25) is 0 Å². The highest BCUT2D eigenvalue weighted by Crippen LogP contribution is 2.33. The van der Waals surface area contributed by atoms with Gasteiger partial charge in [0.1, 0.15) is 11.4 Å². The third-order valence-corrected chi connectivity index (χ3v) is 5.73. The molecule has 1 aliphatic carbocycles. The summed E-state index contributed by atoms with van der Waals surface area (Å²) in [5.74, 6) is 1.20. The Morgan fingerprint density at radius 1 is 1.24 bits per heavy atom. The third-order valence-electron chi connectivity index (χ3n) is 5.73. The van der Waals surface area contributed by atoms with Crippen LogP contribution in [0.25, 0.3) is 10.9 Å². The average molecular weight is 399 g/mol. The number of carbonyl (C=O) groups is 2.